The van der Waals surface area contributed by atoms with E-state index in [0.717, 1.165) is 12.1 Å². The Morgan fingerprint density at radius 1 is 0.967 bits per heavy atom. The standard InChI is InChI=1S/C20H18F5NO4/c1-17(10-26(2)11-17)18(27,12-3-6-14(7-4-12)28-19(21,22)23)13-5-8-15-16(9-13)30-20(24,25)29-15/h3-9,27H,10-11H2,1-2H3/t18-/m0/s1. The van der Waals surface area contributed by atoms with Crippen molar-refractivity contribution in [2.24, 2.45) is 5.41 Å². The van der Waals surface area contributed by atoms with Gasteiger partial charge in [0, 0.05) is 18.5 Å². The molecule has 0 aromatic heterocycles. The number of nitrogens with zero attached hydrogens (tertiary/aromatic N) is 1. The molecule has 0 aliphatic carbocycles. The number of rotatable bonds is 4. The third kappa shape index (κ3) is 3.43. The summed E-state index contributed by atoms with van der Waals surface area (Å²) >= 11 is 0. The lowest BCUT2D eigenvalue weighted by atomic mass is 9.62. The highest BCUT2D eigenvalue weighted by atomic mass is 19.4. The Balaban J connectivity index is 1.76. The average molecular weight is 431 g/mol. The zero-order valence-corrected chi connectivity index (χ0v) is 16.0. The van der Waals surface area contributed by atoms with Crippen molar-refractivity contribution in [1.29, 1.82) is 0 Å². The number of halogens is 5. The Bertz CT molecular complexity index is 957. The van der Waals surface area contributed by atoms with Gasteiger partial charge in [0.05, 0.1) is 0 Å². The fourth-order valence-electron chi connectivity index (χ4n) is 4.31. The van der Waals surface area contributed by atoms with Gasteiger partial charge < -0.3 is 24.2 Å². The van der Waals surface area contributed by atoms with Gasteiger partial charge in [-0.1, -0.05) is 25.1 Å². The maximum atomic E-state index is 13.4. The summed E-state index contributed by atoms with van der Waals surface area (Å²) in [6.07, 6.45) is -8.65. The van der Waals surface area contributed by atoms with Crippen LogP contribution in [0.1, 0.15) is 18.1 Å². The highest BCUT2D eigenvalue weighted by Gasteiger charge is 2.56. The van der Waals surface area contributed by atoms with Crippen LogP contribution >= 0.6 is 0 Å². The summed E-state index contributed by atoms with van der Waals surface area (Å²) in [5, 5.41) is 11.9. The van der Waals surface area contributed by atoms with Crippen molar-refractivity contribution in [2.45, 2.75) is 25.2 Å². The zero-order chi connectivity index (χ0) is 21.9. The lowest BCUT2D eigenvalue weighted by Crippen LogP contribution is -2.63. The molecule has 0 spiro atoms. The summed E-state index contributed by atoms with van der Waals surface area (Å²) in [5.41, 5.74) is -1.91. The molecular weight excluding hydrogens is 413 g/mol. The number of fused-ring (bicyclic) bond motifs is 1. The second-order valence-electron chi connectivity index (χ2n) is 7.84. The van der Waals surface area contributed by atoms with E-state index in [0.29, 0.717) is 18.7 Å². The molecule has 2 aliphatic heterocycles. The average Bonchev–Trinajstić information content (AvgIpc) is 2.91. The normalized spacial score (nSPS) is 21.6. The number of likely N-dealkylation sites (tertiary alicyclic amines) is 1. The Kier molecular flexibility index (Phi) is 4.45. The van der Waals surface area contributed by atoms with Crippen LogP contribution in [0, 0.1) is 5.41 Å². The van der Waals surface area contributed by atoms with Crippen LogP contribution in [0.25, 0.3) is 0 Å². The molecule has 0 saturated carbocycles. The lowest BCUT2D eigenvalue weighted by Gasteiger charge is -2.56. The number of alkyl halides is 5. The summed E-state index contributed by atoms with van der Waals surface area (Å²) in [4.78, 5) is 1.95. The maximum absolute atomic E-state index is 13.4. The molecule has 162 valence electrons. The minimum Gasteiger partial charge on any atom is -0.406 e. The molecule has 0 amide bonds. The predicted octanol–water partition coefficient (Wildman–Crippen LogP) is 4.09. The van der Waals surface area contributed by atoms with Crippen molar-refractivity contribution in [3.8, 4) is 17.2 Å². The monoisotopic (exact) mass is 431 g/mol. The van der Waals surface area contributed by atoms with Gasteiger partial charge >= 0.3 is 12.7 Å². The van der Waals surface area contributed by atoms with Gasteiger partial charge in [0.1, 0.15) is 11.4 Å². The van der Waals surface area contributed by atoms with E-state index < -0.39 is 29.4 Å². The van der Waals surface area contributed by atoms with E-state index in [-0.39, 0.29) is 17.1 Å². The van der Waals surface area contributed by atoms with E-state index in [1.807, 2.05) is 18.9 Å². The summed E-state index contributed by atoms with van der Waals surface area (Å²) in [7, 11) is 1.85. The summed E-state index contributed by atoms with van der Waals surface area (Å²) in [6, 6.07) is 8.81. The molecule has 0 bridgehead atoms. The third-order valence-electron chi connectivity index (χ3n) is 5.44. The van der Waals surface area contributed by atoms with Crippen molar-refractivity contribution in [3.05, 3.63) is 53.6 Å². The largest absolute Gasteiger partial charge is 0.586 e. The molecule has 2 aromatic rings. The van der Waals surface area contributed by atoms with E-state index in [4.69, 9.17) is 0 Å². The number of hydrogen-bond donors (Lipinski definition) is 1. The molecule has 1 atom stereocenters. The first kappa shape index (κ1) is 20.7. The fraction of sp³-hybridized carbons (Fsp3) is 0.400. The van der Waals surface area contributed by atoms with Crippen LogP contribution in [-0.2, 0) is 5.60 Å². The van der Waals surface area contributed by atoms with Gasteiger partial charge in [0.25, 0.3) is 0 Å². The molecule has 2 heterocycles. The van der Waals surface area contributed by atoms with Gasteiger partial charge in [0.2, 0.25) is 0 Å². The minimum absolute atomic E-state index is 0.170. The van der Waals surface area contributed by atoms with Crippen LogP contribution in [0.5, 0.6) is 17.2 Å². The van der Waals surface area contributed by atoms with E-state index >= 15 is 0 Å². The Morgan fingerprint density at radius 2 is 1.53 bits per heavy atom. The van der Waals surface area contributed by atoms with Gasteiger partial charge in [-0.2, -0.15) is 0 Å². The first-order valence-electron chi connectivity index (χ1n) is 8.99. The zero-order valence-electron chi connectivity index (χ0n) is 16.0. The molecule has 10 heteroatoms. The summed E-state index contributed by atoms with van der Waals surface area (Å²) < 4.78 is 77.0. The summed E-state index contributed by atoms with van der Waals surface area (Å²) in [6.45, 7) is 2.75. The minimum atomic E-state index is -4.84. The smallest absolute Gasteiger partial charge is 0.406 e. The molecule has 5 nitrogen and oxygen atoms in total. The maximum Gasteiger partial charge on any atom is 0.586 e. The van der Waals surface area contributed by atoms with Crippen molar-refractivity contribution in [2.75, 3.05) is 20.1 Å². The first-order valence-corrected chi connectivity index (χ1v) is 8.99. The van der Waals surface area contributed by atoms with Gasteiger partial charge in [-0.25, -0.2) is 0 Å². The quantitative estimate of drug-likeness (QED) is 0.739. The van der Waals surface area contributed by atoms with Gasteiger partial charge in [-0.15, -0.1) is 22.0 Å². The number of hydrogen-bond acceptors (Lipinski definition) is 5. The van der Waals surface area contributed by atoms with Gasteiger partial charge in [-0.3, -0.25) is 0 Å². The molecule has 1 fully saturated rings. The van der Waals surface area contributed by atoms with Gasteiger partial charge in [0.15, 0.2) is 11.5 Å². The van der Waals surface area contributed by atoms with Crippen LogP contribution in [0.2, 0.25) is 0 Å². The molecule has 1 saturated heterocycles. The molecule has 1 N–H and O–H groups in total. The Hall–Kier alpha value is -2.59. The molecule has 4 rings (SSSR count). The molecule has 0 radical (unpaired) electrons. The number of aliphatic hydroxyl groups is 1. The van der Waals surface area contributed by atoms with E-state index in [2.05, 4.69) is 14.2 Å². The van der Waals surface area contributed by atoms with Crippen LogP contribution < -0.4 is 14.2 Å². The van der Waals surface area contributed by atoms with Crippen LogP contribution in [-0.4, -0.2) is 42.8 Å². The highest BCUT2D eigenvalue weighted by molar-refractivity contribution is 5.51. The topological polar surface area (TPSA) is 51.2 Å². The van der Waals surface area contributed by atoms with E-state index in [1.54, 1.807) is 0 Å². The SMILES string of the molecule is CN1CC(C)([C@](O)(c2ccc(OC(F)(F)F)cc2)c2ccc3c(c2)OC(F)(F)O3)C1. The van der Waals surface area contributed by atoms with Crippen molar-refractivity contribution >= 4 is 0 Å². The molecular formula is C20H18F5NO4. The fourth-order valence-corrected chi connectivity index (χ4v) is 4.31. The number of benzene rings is 2. The van der Waals surface area contributed by atoms with Crippen molar-refractivity contribution in [1.82, 2.24) is 4.90 Å². The second kappa shape index (κ2) is 6.45. The predicted molar refractivity (Wildman–Crippen MR) is 94.4 cm³/mol. The van der Waals surface area contributed by atoms with Crippen molar-refractivity contribution < 1.29 is 41.3 Å². The molecule has 30 heavy (non-hydrogen) atoms. The highest BCUT2D eigenvalue weighted by Crippen LogP contribution is 2.52. The summed E-state index contributed by atoms with van der Waals surface area (Å²) in [5.74, 6) is -0.838. The molecule has 0 unspecified atom stereocenters. The van der Waals surface area contributed by atoms with Crippen molar-refractivity contribution in [3.63, 3.8) is 0 Å². The second-order valence-corrected chi connectivity index (χ2v) is 7.84. The first-order chi connectivity index (χ1) is 13.8. The number of ether oxygens (including phenoxy) is 3. The van der Waals surface area contributed by atoms with Crippen LogP contribution in [0.4, 0.5) is 22.0 Å². The molecule has 2 aliphatic rings. The van der Waals surface area contributed by atoms with Crippen LogP contribution in [0.3, 0.4) is 0 Å². The van der Waals surface area contributed by atoms with Gasteiger partial charge in [-0.05, 0) is 42.4 Å². The third-order valence-corrected chi connectivity index (χ3v) is 5.44. The van der Waals surface area contributed by atoms with E-state index in [9.17, 15) is 27.1 Å². The lowest BCUT2D eigenvalue weighted by molar-refractivity contribution is -0.286. The molecule has 2 aromatic carbocycles. The Morgan fingerprint density at radius 3 is 2.10 bits per heavy atom. The Labute approximate surface area is 168 Å². The van der Waals surface area contributed by atoms with E-state index in [1.165, 1.54) is 30.3 Å². The van der Waals surface area contributed by atoms with Crippen LogP contribution in [0.15, 0.2) is 42.5 Å².